The van der Waals surface area contributed by atoms with E-state index in [4.69, 9.17) is 14.2 Å². The van der Waals surface area contributed by atoms with E-state index in [-0.39, 0.29) is 5.75 Å². The van der Waals surface area contributed by atoms with E-state index < -0.39 is 30.0 Å². The van der Waals surface area contributed by atoms with Crippen LogP contribution in [0.3, 0.4) is 0 Å². The minimum atomic E-state index is -5.17. The third-order valence-corrected chi connectivity index (χ3v) is 3.87. The van der Waals surface area contributed by atoms with Gasteiger partial charge in [0.2, 0.25) is 0 Å². The molecule has 0 saturated carbocycles. The van der Waals surface area contributed by atoms with Gasteiger partial charge in [-0.2, -0.15) is 16.8 Å². The third kappa shape index (κ3) is 2.82. The summed E-state index contributed by atoms with van der Waals surface area (Å²) in [4.78, 5) is 0. The first kappa shape index (κ1) is 12.7. The summed E-state index contributed by atoms with van der Waals surface area (Å²) in [5, 5.41) is 8.90. The lowest BCUT2D eigenvalue weighted by atomic mass is 10.3. The molecule has 1 aromatic rings. The first-order chi connectivity index (χ1) is 7.12. The largest absolute Gasteiger partial charge is 0.508 e. The molecule has 0 atom stereocenters. The number of phenols is 1. The number of aromatic hydroxyl groups is 1. The molecule has 0 fully saturated rings. The summed E-state index contributed by atoms with van der Waals surface area (Å²) >= 11 is 0. The van der Waals surface area contributed by atoms with Crippen LogP contribution in [0.25, 0.3) is 0 Å². The van der Waals surface area contributed by atoms with Gasteiger partial charge >= 0.3 is 20.6 Å². The summed E-state index contributed by atoms with van der Waals surface area (Å²) in [7, 11) is -10.3. The van der Waals surface area contributed by atoms with Crippen LogP contribution in [-0.2, 0) is 20.6 Å². The number of nitrogens with zero attached hydrogens (tertiary/aromatic N) is 1. The SMILES string of the molecule is O=S(=O)(O)N(c1ccc(O)cc1)S(=O)(=O)O. The van der Waals surface area contributed by atoms with Crippen LogP contribution in [0.5, 0.6) is 5.75 Å². The predicted octanol–water partition coefficient (Wildman–Crippen LogP) is -0.196. The lowest BCUT2D eigenvalue weighted by molar-refractivity contribution is 0.464. The summed E-state index contributed by atoms with van der Waals surface area (Å²) < 4.78 is 59.7. The van der Waals surface area contributed by atoms with Crippen molar-refractivity contribution in [3.05, 3.63) is 24.3 Å². The van der Waals surface area contributed by atoms with Gasteiger partial charge in [-0.15, -0.1) is 3.71 Å². The van der Waals surface area contributed by atoms with Crippen LogP contribution < -0.4 is 3.71 Å². The van der Waals surface area contributed by atoms with Gasteiger partial charge in [-0.1, -0.05) is 0 Å². The van der Waals surface area contributed by atoms with Gasteiger partial charge in [0.1, 0.15) is 5.75 Å². The monoisotopic (exact) mass is 269 g/mol. The van der Waals surface area contributed by atoms with Gasteiger partial charge < -0.3 is 5.11 Å². The maximum atomic E-state index is 10.7. The third-order valence-electron chi connectivity index (χ3n) is 1.48. The Labute approximate surface area is 91.5 Å². The first-order valence-electron chi connectivity index (χ1n) is 3.67. The Morgan fingerprint density at radius 1 is 0.875 bits per heavy atom. The van der Waals surface area contributed by atoms with Crippen molar-refractivity contribution in [2.45, 2.75) is 0 Å². The molecule has 0 bridgehead atoms. The molecule has 0 aromatic heterocycles. The zero-order valence-electron chi connectivity index (χ0n) is 7.55. The van der Waals surface area contributed by atoms with Gasteiger partial charge in [0.05, 0.1) is 5.69 Å². The highest BCUT2D eigenvalue weighted by atomic mass is 32.3. The summed E-state index contributed by atoms with van der Waals surface area (Å²) in [6.07, 6.45) is 0. The minimum Gasteiger partial charge on any atom is -0.508 e. The predicted molar refractivity (Wildman–Crippen MR) is 53.7 cm³/mol. The lowest BCUT2D eigenvalue weighted by Crippen LogP contribution is -2.35. The molecule has 0 aliphatic heterocycles. The molecule has 16 heavy (non-hydrogen) atoms. The molecular formula is C6H7NO7S2. The molecule has 0 unspecified atom stereocenters. The number of phenolic OH excluding ortho intramolecular Hbond substituents is 1. The highest BCUT2D eigenvalue weighted by molar-refractivity contribution is 8.05. The Bertz CT molecular complexity index is 542. The van der Waals surface area contributed by atoms with Crippen molar-refractivity contribution in [3.63, 3.8) is 0 Å². The van der Waals surface area contributed by atoms with Crippen molar-refractivity contribution in [1.82, 2.24) is 0 Å². The molecule has 3 N–H and O–H groups in total. The molecular weight excluding hydrogens is 262 g/mol. The molecule has 0 heterocycles. The minimum absolute atomic E-state index is 0.241. The molecule has 0 aliphatic rings. The van der Waals surface area contributed by atoms with Crippen LogP contribution in [0.2, 0.25) is 0 Å². The van der Waals surface area contributed by atoms with E-state index in [9.17, 15) is 16.8 Å². The van der Waals surface area contributed by atoms with Crippen LogP contribution in [-0.4, -0.2) is 31.0 Å². The van der Waals surface area contributed by atoms with Gasteiger partial charge in [0.15, 0.2) is 0 Å². The molecule has 0 saturated heterocycles. The van der Waals surface area contributed by atoms with E-state index in [1.165, 1.54) is 0 Å². The van der Waals surface area contributed by atoms with E-state index >= 15 is 0 Å². The highest BCUT2D eigenvalue weighted by Gasteiger charge is 2.31. The summed E-state index contributed by atoms with van der Waals surface area (Å²) in [6.45, 7) is 0. The van der Waals surface area contributed by atoms with Crippen molar-refractivity contribution < 1.29 is 31.0 Å². The Hall–Kier alpha value is -1.36. The van der Waals surface area contributed by atoms with E-state index in [0.717, 1.165) is 24.3 Å². The van der Waals surface area contributed by atoms with Crippen molar-refractivity contribution in [1.29, 1.82) is 0 Å². The van der Waals surface area contributed by atoms with E-state index in [2.05, 4.69) is 0 Å². The Morgan fingerprint density at radius 3 is 1.56 bits per heavy atom. The second-order valence-corrected chi connectivity index (χ2v) is 5.42. The first-order valence-corrected chi connectivity index (χ1v) is 6.46. The second kappa shape index (κ2) is 3.90. The van der Waals surface area contributed by atoms with Crippen LogP contribution >= 0.6 is 0 Å². The van der Waals surface area contributed by atoms with Crippen molar-refractivity contribution in [2.24, 2.45) is 0 Å². The summed E-state index contributed by atoms with van der Waals surface area (Å²) in [5.74, 6) is -0.241. The zero-order chi connectivity index (χ0) is 12.6. The molecule has 0 radical (unpaired) electrons. The summed E-state index contributed by atoms with van der Waals surface area (Å²) in [6, 6.07) is 3.74. The van der Waals surface area contributed by atoms with Crippen molar-refractivity contribution >= 4 is 26.3 Å². The smallest absolute Gasteiger partial charge is 0.375 e. The average molecular weight is 269 g/mol. The highest BCUT2D eigenvalue weighted by Crippen LogP contribution is 2.22. The molecule has 10 heteroatoms. The fourth-order valence-corrected chi connectivity index (χ4v) is 2.69. The number of hydrogen-bond acceptors (Lipinski definition) is 5. The number of anilines is 1. The molecule has 1 aromatic carbocycles. The number of benzene rings is 1. The molecule has 0 amide bonds. The maximum absolute atomic E-state index is 10.7. The van der Waals surface area contributed by atoms with Gasteiger partial charge in [0.25, 0.3) is 0 Å². The van der Waals surface area contributed by atoms with Gasteiger partial charge in [-0.25, -0.2) is 0 Å². The Morgan fingerprint density at radius 2 is 1.25 bits per heavy atom. The van der Waals surface area contributed by atoms with Crippen LogP contribution in [0, 0.1) is 0 Å². The van der Waals surface area contributed by atoms with E-state index in [0.29, 0.717) is 0 Å². The quantitative estimate of drug-likeness (QED) is 0.647. The molecule has 1 rings (SSSR count). The zero-order valence-corrected chi connectivity index (χ0v) is 9.18. The Kier molecular flexibility index (Phi) is 3.10. The molecule has 8 nitrogen and oxygen atoms in total. The second-order valence-electron chi connectivity index (χ2n) is 2.67. The lowest BCUT2D eigenvalue weighted by Gasteiger charge is -2.16. The van der Waals surface area contributed by atoms with Gasteiger partial charge in [0, 0.05) is 0 Å². The van der Waals surface area contributed by atoms with Crippen molar-refractivity contribution in [2.75, 3.05) is 3.71 Å². The fourth-order valence-electron chi connectivity index (χ4n) is 0.960. The topological polar surface area (TPSA) is 132 Å². The normalized spacial score (nSPS) is 12.4. The standard InChI is InChI=1S/C6H7NO7S2/c8-6-3-1-5(2-4-6)7(15(9,10)11)16(12,13)14/h1-4,8H,(H,9,10,11)(H,12,13,14). The Balaban J connectivity index is 3.41. The summed E-state index contributed by atoms with van der Waals surface area (Å²) in [5.41, 5.74) is -0.539. The van der Waals surface area contributed by atoms with Crippen LogP contribution in [0.15, 0.2) is 24.3 Å². The number of hydrogen-bond donors (Lipinski definition) is 3. The van der Waals surface area contributed by atoms with Crippen LogP contribution in [0.4, 0.5) is 5.69 Å². The van der Waals surface area contributed by atoms with Crippen molar-refractivity contribution in [3.8, 4) is 5.75 Å². The number of rotatable bonds is 3. The van der Waals surface area contributed by atoms with E-state index in [1.807, 2.05) is 0 Å². The molecule has 0 aliphatic carbocycles. The fraction of sp³-hybridized carbons (Fsp3) is 0. The van der Waals surface area contributed by atoms with Gasteiger partial charge in [-0.3, -0.25) is 9.11 Å². The molecule has 0 spiro atoms. The molecule has 90 valence electrons. The van der Waals surface area contributed by atoms with Gasteiger partial charge in [-0.05, 0) is 24.3 Å². The van der Waals surface area contributed by atoms with Crippen LogP contribution in [0.1, 0.15) is 0 Å². The average Bonchev–Trinajstić information content (AvgIpc) is 2.03. The maximum Gasteiger partial charge on any atom is 0.375 e. The van der Waals surface area contributed by atoms with E-state index in [1.54, 1.807) is 0 Å².